The summed E-state index contributed by atoms with van der Waals surface area (Å²) in [5.41, 5.74) is 8.18. The number of aromatic nitrogens is 1. The number of pyridine rings is 1. The van der Waals surface area contributed by atoms with Crippen LogP contribution in [0.2, 0.25) is 0 Å². The molecule has 1 aromatic heterocycles. The number of rotatable bonds is 5. The Morgan fingerprint density at radius 1 is 1.35 bits per heavy atom. The van der Waals surface area contributed by atoms with Gasteiger partial charge in [0, 0.05) is 11.3 Å². The Kier molecular flexibility index (Phi) is 4.53. The zero-order chi connectivity index (χ0) is 14.5. The van der Waals surface area contributed by atoms with Crippen molar-refractivity contribution in [3.8, 4) is 5.75 Å². The van der Waals surface area contributed by atoms with Crippen LogP contribution in [0.4, 0.5) is 11.5 Å². The summed E-state index contributed by atoms with van der Waals surface area (Å²) in [4.78, 5) is 4.79. The lowest BCUT2D eigenvalue weighted by molar-refractivity contribution is 0.342. The van der Waals surface area contributed by atoms with E-state index in [1.807, 2.05) is 50.2 Å². The van der Waals surface area contributed by atoms with Gasteiger partial charge in [-0.1, -0.05) is 24.4 Å². The number of para-hydroxylation sites is 2. The summed E-state index contributed by atoms with van der Waals surface area (Å²) in [5.74, 6) is 1.48. The number of nitrogens with zero attached hydrogens (tertiary/aromatic N) is 1. The number of hydrogen-bond acceptors (Lipinski definition) is 4. The Bertz CT molecular complexity index is 628. The fourth-order valence-corrected chi connectivity index (χ4v) is 1.98. The number of nitrogens with one attached hydrogen (secondary N) is 1. The fraction of sp³-hybridized carbons (Fsp3) is 0.200. The molecular formula is C15H17N3OS. The van der Waals surface area contributed by atoms with E-state index in [1.54, 1.807) is 0 Å². The van der Waals surface area contributed by atoms with Gasteiger partial charge < -0.3 is 15.8 Å². The first-order chi connectivity index (χ1) is 9.60. The SMILES string of the molecule is CCOc1ccccc1Nc1cc(C(N)=S)cc(C)n1. The molecule has 20 heavy (non-hydrogen) atoms. The number of ether oxygens (including phenoxy) is 1. The summed E-state index contributed by atoms with van der Waals surface area (Å²) >= 11 is 5.01. The molecule has 0 unspecified atom stereocenters. The average molecular weight is 287 g/mol. The predicted octanol–water partition coefficient (Wildman–Crippen LogP) is 3.17. The van der Waals surface area contributed by atoms with Crippen LogP contribution in [0.1, 0.15) is 18.2 Å². The van der Waals surface area contributed by atoms with Crippen molar-refractivity contribution in [2.24, 2.45) is 5.73 Å². The first-order valence-electron chi connectivity index (χ1n) is 6.37. The smallest absolute Gasteiger partial charge is 0.142 e. The van der Waals surface area contributed by atoms with E-state index in [9.17, 15) is 0 Å². The van der Waals surface area contributed by atoms with Crippen molar-refractivity contribution >= 4 is 28.7 Å². The molecule has 0 aliphatic carbocycles. The van der Waals surface area contributed by atoms with Crippen LogP contribution in [0.15, 0.2) is 36.4 Å². The molecule has 0 aliphatic rings. The summed E-state index contributed by atoms with van der Waals surface area (Å²) in [6, 6.07) is 11.4. The molecule has 1 aromatic carbocycles. The van der Waals surface area contributed by atoms with Gasteiger partial charge in [-0.25, -0.2) is 4.98 Å². The van der Waals surface area contributed by atoms with E-state index >= 15 is 0 Å². The third-order valence-electron chi connectivity index (χ3n) is 2.69. The van der Waals surface area contributed by atoms with Gasteiger partial charge in [-0.05, 0) is 38.1 Å². The van der Waals surface area contributed by atoms with Gasteiger partial charge in [-0.15, -0.1) is 0 Å². The molecule has 0 saturated heterocycles. The van der Waals surface area contributed by atoms with Crippen molar-refractivity contribution < 1.29 is 4.74 Å². The monoisotopic (exact) mass is 287 g/mol. The topological polar surface area (TPSA) is 60.2 Å². The quantitative estimate of drug-likeness (QED) is 0.827. The number of hydrogen-bond donors (Lipinski definition) is 2. The van der Waals surface area contributed by atoms with E-state index in [4.69, 9.17) is 22.7 Å². The number of benzene rings is 1. The van der Waals surface area contributed by atoms with Gasteiger partial charge in [0.25, 0.3) is 0 Å². The summed E-state index contributed by atoms with van der Waals surface area (Å²) in [5, 5.41) is 3.24. The summed E-state index contributed by atoms with van der Waals surface area (Å²) < 4.78 is 5.58. The van der Waals surface area contributed by atoms with Crippen molar-refractivity contribution in [2.75, 3.05) is 11.9 Å². The lowest BCUT2D eigenvalue weighted by Crippen LogP contribution is -2.11. The lowest BCUT2D eigenvalue weighted by atomic mass is 10.2. The minimum absolute atomic E-state index is 0.358. The molecule has 0 fully saturated rings. The molecule has 0 radical (unpaired) electrons. The van der Waals surface area contributed by atoms with E-state index in [2.05, 4.69) is 10.3 Å². The molecule has 3 N–H and O–H groups in total. The molecule has 2 rings (SSSR count). The van der Waals surface area contributed by atoms with Crippen molar-refractivity contribution in [1.82, 2.24) is 4.98 Å². The number of anilines is 2. The van der Waals surface area contributed by atoms with Crippen molar-refractivity contribution in [3.05, 3.63) is 47.7 Å². The Morgan fingerprint density at radius 2 is 2.10 bits per heavy atom. The number of nitrogens with two attached hydrogens (primary N) is 1. The van der Waals surface area contributed by atoms with Crippen LogP contribution in [-0.4, -0.2) is 16.6 Å². The minimum atomic E-state index is 0.358. The largest absolute Gasteiger partial charge is 0.492 e. The molecule has 5 heteroatoms. The van der Waals surface area contributed by atoms with Gasteiger partial charge in [0.05, 0.1) is 12.3 Å². The van der Waals surface area contributed by atoms with Crippen molar-refractivity contribution in [2.45, 2.75) is 13.8 Å². The average Bonchev–Trinajstić information content (AvgIpc) is 2.40. The molecule has 0 amide bonds. The van der Waals surface area contributed by atoms with Crippen LogP contribution in [0.3, 0.4) is 0 Å². The highest BCUT2D eigenvalue weighted by molar-refractivity contribution is 7.80. The van der Waals surface area contributed by atoms with Crippen molar-refractivity contribution in [3.63, 3.8) is 0 Å². The van der Waals surface area contributed by atoms with Gasteiger partial charge in [-0.3, -0.25) is 0 Å². The van der Waals surface area contributed by atoms with Crippen LogP contribution >= 0.6 is 12.2 Å². The predicted molar refractivity (Wildman–Crippen MR) is 85.8 cm³/mol. The number of aryl methyl sites for hydroxylation is 1. The molecule has 0 saturated carbocycles. The van der Waals surface area contributed by atoms with E-state index in [1.165, 1.54) is 0 Å². The van der Waals surface area contributed by atoms with Gasteiger partial charge in [0.1, 0.15) is 16.6 Å². The maximum atomic E-state index is 5.67. The van der Waals surface area contributed by atoms with E-state index < -0.39 is 0 Å². The summed E-state index contributed by atoms with van der Waals surface area (Å²) in [6.07, 6.45) is 0. The Hall–Kier alpha value is -2.14. The summed E-state index contributed by atoms with van der Waals surface area (Å²) in [7, 11) is 0. The third-order valence-corrected chi connectivity index (χ3v) is 2.92. The normalized spacial score (nSPS) is 10.1. The zero-order valence-corrected chi connectivity index (χ0v) is 12.3. The Morgan fingerprint density at radius 3 is 2.80 bits per heavy atom. The van der Waals surface area contributed by atoms with Crippen LogP contribution in [-0.2, 0) is 0 Å². The highest BCUT2D eigenvalue weighted by Gasteiger charge is 2.06. The molecule has 0 bridgehead atoms. The van der Waals surface area contributed by atoms with E-state index in [-0.39, 0.29) is 0 Å². The van der Waals surface area contributed by atoms with Gasteiger partial charge in [0.15, 0.2) is 0 Å². The Balaban J connectivity index is 2.32. The second-order valence-corrected chi connectivity index (χ2v) is 4.74. The zero-order valence-electron chi connectivity index (χ0n) is 11.5. The van der Waals surface area contributed by atoms with Gasteiger partial charge in [-0.2, -0.15) is 0 Å². The van der Waals surface area contributed by atoms with Gasteiger partial charge >= 0.3 is 0 Å². The molecule has 104 valence electrons. The lowest BCUT2D eigenvalue weighted by Gasteiger charge is -2.12. The molecule has 2 aromatic rings. The maximum absolute atomic E-state index is 5.67. The highest BCUT2D eigenvalue weighted by Crippen LogP contribution is 2.27. The van der Waals surface area contributed by atoms with Crippen LogP contribution in [0.5, 0.6) is 5.75 Å². The molecule has 1 heterocycles. The summed E-state index contributed by atoms with van der Waals surface area (Å²) in [6.45, 7) is 4.46. The van der Waals surface area contributed by atoms with E-state index in [0.717, 1.165) is 22.7 Å². The Labute approximate surface area is 124 Å². The first-order valence-corrected chi connectivity index (χ1v) is 6.78. The van der Waals surface area contributed by atoms with Crippen LogP contribution in [0, 0.1) is 6.92 Å². The fourth-order valence-electron chi connectivity index (χ4n) is 1.86. The molecule has 4 nitrogen and oxygen atoms in total. The standard InChI is InChI=1S/C15H17N3OS/c1-3-19-13-7-5-4-6-12(13)18-14-9-11(15(16)20)8-10(2)17-14/h4-9H,3H2,1-2H3,(H2,16,20)(H,17,18). The maximum Gasteiger partial charge on any atom is 0.142 e. The van der Waals surface area contributed by atoms with Crippen LogP contribution < -0.4 is 15.8 Å². The molecule has 0 atom stereocenters. The van der Waals surface area contributed by atoms with Crippen molar-refractivity contribution in [1.29, 1.82) is 0 Å². The molecule has 0 spiro atoms. The van der Waals surface area contributed by atoms with E-state index in [0.29, 0.717) is 17.4 Å². The highest BCUT2D eigenvalue weighted by atomic mass is 32.1. The third kappa shape index (κ3) is 3.45. The first kappa shape index (κ1) is 14.3. The van der Waals surface area contributed by atoms with Gasteiger partial charge in [0.2, 0.25) is 0 Å². The minimum Gasteiger partial charge on any atom is -0.492 e. The van der Waals surface area contributed by atoms with Crippen LogP contribution in [0.25, 0.3) is 0 Å². The molecule has 0 aliphatic heterocycles. The second kappa shape index (κ2) is 6.34. The molecular weight excluding hydrogens is 270 g/mol. The number of thiocarbonyl (C=S) groups is 1. The second-order valence-electron chi connectivity index (χ2n) is 4.30.